The third-order valence-corrected chi connectivity index (χ3v) is 4.14. The maximum atomic E-state index is 4.75. The molecule has 2 unspecified atom stereocenters. The molecule has 3 heteroatoms. The van der Waals surface area contributed by atoms with Crippen LogP contribution in [0.3, 0.4) is 0 Å². The number of nitrogens with one attached hydrogen (secondary N) is 2. The Morgan fingerprint density at radius 2 is 2.05 bits per heavy atom. The second-order valence-electron chi connectivity index (χ2n) is 6.00. The minimum absolute atomic E-state index is 0.432. The molecule has 0 radical (unpaired) electrons. The fraction of sp³-hybridized carbons (Fsp3) is 0.588. The van der Waals surface area contributed by atoms with Crippen molar-refractivity contribution in [2.24, 2.45) is 10.9 Å². The van der Waals surface area contributed by atoms with E-state index in [2.05, 4.69) is 62.6 Å². The zero-order chi connectivity index (χ0) is 14.5. The molecule has 0 saturated carbocycles. The van der Waals surface area contributed by atoms with Crippen molar-refractivity contribution in [2.45, 2.75) is 46.1 Å². The van der Waals surface area contributed by atoms with Crippen LogP contribution in [0, 0.1) is 5.92 Å². The molecule has 3 nitrogen and oxygen atoms in total. The van der Waals surface area contributed by atoms with Crippen molar-refractivity contribution in [1.29, 1.82) is 0 Å². The molecule has 0 saturated heterocycles. The zero-order valence-corrected chi connectivity index (χ0v) is 13.1. The first kappa shape index (κ1) is 14.9. The normalized spacial score (nSPS) is 19.2. The van der Waals surface area contributed by atoms with Gasteiger partial charge >= 0.3 is 0 Å². The van der Waals surface area contributed by atoms with Gasteiger partial charge in [-0.25, -0.2) is 0 Å². The molecule has 20 heavy (non-hydrogen) atoms. The van der Waals surface area contributed by atoms with E-state index in [4.69, 9.17) is 4.99 Å². The van der Waals surface area contributed by atoms with Crippen molar-refractivity contribution < 1.29 is 0 Å². The van der Waals surface area contributed by atoms with Crippen molar-refractivity contribution in [2.75, 3.05) is 13.1 Å². The summed E-state index contributed by atoms with van der Waals surface area (Å²) >= 11 is 0. The molecule has 0 aromatic heterocycles. The number of benzene rings is 1. The number of aliphatic imine (C=N–C) groups is 1. The van der Waals surface area contributed by atoms with E-state index in [0.29, 0.717) is 17.9 Å². The van der Waals surface area contributed by atoms with Gasteiger partial charge in [0.15, 0.2) is 5.96 Å². The third-order valence-electron chi connectivity index (χ3n) is 4.14. The van der Waals surface area contributed by atoms with Gasteiger partial charge < -0.3 is 10.6 Å². The van der Waals surface area contributed by atoms with Crippen LogP contribution in [0.5, 0.6) is 0 Å². The van der Waals surface area contributed by atoms with Crippen LogP contribution in [0.25, 0.3) is 0 Å². The Hall–Kier alpha value is -1.51. The number of guanidine groups is 1. The van der Waals surface area contributed by atoms with Crippen LogP contribution in [-0.4, -0.2) is 25.1 Å². The van der Waals surface area contributed by atoms with Gasteiger partial charge in [0.1, 0.15) is 0 Å². The Morgan fingerprint density at radius 1 is 1.30 bits per heavy atom. The first-order chi connectivity index (χ1) is 9.61. The lowest BCUT2D eigenvalue weighted by Gasteiger charge is -2.29. The summed E-state index contributed by atoms with van der Waals surface area (Å²) in [7, 11) is 0. The van der Waals surface area contributed by atoms with Crippen LogP contribution in [0.15, 0.2) is 29.3 Å². The second-order valence-corrected chi connectivity index (χ2v) is 6.00. The predicted octanol–water partition coefficient (Wildman–Crippen LogP) is 2.93. The molecule has 1 aliphatic carbocycles. The molecule has 1 aliphatic rings. The SMILES string of the molecule is CCNC(=NCC1Cc2ccccc21)NC(C)C(C)C. The lowest BCUT2D eigenvalue weighted by atomic mass is 9.78. The lowest BCUT2D eigenvalue weighted by molar-refractivity contribution is 0.480. The molecule has 0 spiro atoms. The summed E-state index contributed by atoms with van der Waals surface area (Å²) in [6.45, 7) is 10.5. The minimum atomic E-state index is 0.432. The predicted molar refractivity (Wildman–Crippen MR) is 86.3 cm³/mol. The molecule has 2 N–H and O–H groups in total. The molecule has 0 heterocycles. The van der Waals surface area contributed by atoms with Gasteiger partial charge in [0, 0.05) is 25.0 Å². The van der Waals surface area contributed by atoms with Crippen molar-refractivity contribution in [3.63, 3.8) is 0 Å². The van der Waals surface area contributed by atoms with Crippen molar-refractivity contribution in [1.82, 2.24) is 10.6 Å². The van der Waals surface area contributed by atoms with Crippen LogP contribution < -0.4 is 10.6 Å². The van der Waals surface area contributed by atoms with Crippen LogP contribution in [0.1, 0.15) is 44.7 Å². The second kappa shape index (κ2) is 6.78. The molecule has 0 fully saturated rings. The van der Waals surface area contributed by atoms with Crippen LogP contribution in [0.2, 0.25) is 0 Å². The lowest BCUT2D eigenvalue weighted by Crippen LogP contribution is -2.44. The Bertz CT molecular complexity index is 465. The van der Waals surface area contributed by atoms with Gasteiger partial charge in [-0.05, 0) is 37.3 Å². The number of hydrogen-bond acceptors (Lipinski definition) is 1. The first-order valence-electron chi connectivity index (χ1n) is 7.74. The molecule has 0 bridgehead atoms. The number of hydrogen-bond donors (Lipinski definition) is 2. The Labute approximate surface area is 122 Å². The summed E-state index contributed by atoms with van der Waals surface area (Å²) in [4.78, 5) is 4.75. The van der Waals surface area contributed by atoms with Gasteiger partial charge in [0.2, 0.25) is 0 Å². The maximum absolute atomic E-state index is 4.75. The first-order valence-corrected chi connectivity index (χ1v) is 7.74. The number of fused-ring (bicyclic) bond motifs is 1. The minimum Gasteiger partial charge on any atom is -0.357 e. The average molecular weight is 273 g/mol. The van der Waals surface area contributed by atoms with E-state index in [1.807, 2.05) is 0 Å². The Balaban J connectivity index is 1.93. The smallest absolute Gasteiger partial charge is 0.191 e. The van der Waals surface area contributed by atoms with Crippen LogP contribution in [0.4, 0.5) is 0 Å². The highest BCUT2D eigenvalue weighted by atomic mass is 15.2. The molecule has 0 amide bonds. The highest BCUT2D eigenvalue weighted by Crippen LogP contribution is 2.34. The van der Waals surface area contributed by atoms with Crippen LogP contribution in [-0.2, 0) is 6.42 Å². The molecule has 1 aromatic carbocycles. The molecular formula is C17H27N3. The molecule has 1 aromatic rings. The summed E-state index contributed by atoms with van der Waals surface area (Å²) in [6.07, 6.45) is 1.17. The van der Waals surface area contributed by atoms with Gasteiger partial charge in [-0.2, -0.15) is 0 Å². The maximum Gasteiger partial charge on any atom is 0.191 e. The van der Waals surface area contributed by atoms with Crippen molar-refractivity contribution >= 4 is 5.96 Å². The fourth-order valence-corrected chi connectivity index (χ4v) is 2.43. The summed E-state index contributed by atoms with van der Waals surface area (Å²) < 4.78 is 0. The molecule has 2 rings (SSSR count). The fourth-order valence-electron chi connectivity index (χ4n) is 2.43. The van der Waals surface area contributed by atoms with E-state index < -0.39 is 0 Å². The van der Waals surface area contributed by atoms with Gasteiger partial charge in [0.25, 0.3) is 0 Å². The molecular weight excluding hydrogens is 246 g/mol. The average Bonchev–Trinajstić information content (AvgIpc) is 2.39. The van der Waals surface area contributed by atoms with Gasteiger partial charge in [-0.3, -0.25) is 4.99 Å². The molecule has 110 valence electrons. The largest absolute Gasteiger partial charge is 0.357 e. The van der Waals surface area contributed by atoms with E-state index in [9.17, 15) is 0 Å². The zero-order valence-electron chi connectivity index (χ0n) is 13.1. The number of nitrogens with zero attached hydrogens (tertiary/aromatic N) is 1. The Morgan fingerprint density at radius 3 is 2.70 bits per heavy atom. The monoisotopic (exact) mass is 273 g/mol. The number of rotatable bonds is 5. The Kier molecular flexibility index (Phi) is 5.05. The van der Waals surface area contributed by atoms with Gasteiger partial charge in [0.05, 0.1) is 0 Å². The van der Waals surface area contributed by atoms with Gasteiger partial charge in [-0.15, -0.1) is 0 Å². The molecule has 0 aliphatic heterocycles. The van der Waals surface area contributed by atoms with E-state index in [1.165, 1.54) is 17.5 Å². The quantitative estimate of drug-likeness (QED) is 0.639. The summed E-state index contributed by atoms with van der Waals surface area (Å²) in [5, 5.41) is 6.82. The highest BCUT2D eigenvalue weighted by molar-refractivity contribution is 5.80. The topological polar surface area (TPSA) is 36.4 Å². The van der Waals surface area contributed by atoms with Crippen molar-refractivity contribution in [3.05, 3.63) is 35.4 Å². The third kappa shape index (κ3) is 3.53. The van der Waals surface area contributed by atoms with Gasteiger partial charge in [-0.1, -0.05) is 38.1 Å². The standard InChI is InChI=1S/C17H27N3/c1-5-18-17(20-13(4)12(2)3)19-11-15-10-14-8-6-7-9-16(14)15/h6-9,12-13,15H,5,10-11H2,1-4H3,(H2,18,19,20). The summed E-state index contributed by atoms with van der Waals surface area (Å²) in [5.74, 6) is 2.14. The van der Waals surface area contributed by atoms with E-state index in [-0.39, 0.29) is 0 Å². The van der Waals surface area contributed by atoms with Crippen LogP contribution >= 0.6 is 0 Å². The molecule has 2 atom stereocenters. The van der Waals surface area contributed by atoms with Crippen molar-refractivity contribution in [3.8, 4) is 0 Å². The highest BCUT2D eigenvalue weighted by Gasteiger charge is 2.25. The summed E-state index contributed by atoms with van der Waals surface area (Å²) in [6, 6.07) is 9.13. The van der Waals surface area contributed by atoms with E-state index in [0.717, 1.165) is 19.0 Å². The van der Waals surface area contributed by atoms with E-state index >= 15 is 0 Å². The summed E-state index contributed by atoms with van der Waals surface area (Å²) in [5.41, 5.74) is 2.96. The van der Waals surface area contributed by atoms with E-state index in [1.54, 1.807) is 0 Å².